The number of hydrogen-bond donors (Lipinski definition) is 1. The third-order valence-electron chi connectivity index (χ3n) is 3.90. The quantitative estimate of drug-likeness (QED) is 0.837. The Kier molecular flexibility index (Phi) is 5.90. The van der Waals surface area contributed by atoms with Gasteiger partial charge in [0.15, 0.2) is 11.5 Å². The lowest BCUT2D eigenvalue weighted by atomic mass is 9.99. The van der Waals surface area contributed by atoms with Crippen LogP contribution in [0, 0.1) is 5.92 Å². The van der Waals surface area contributed by atoms with Crippen LogP contribution >= 0.6 is 0 Å². The lowest BCUT2D eigenvalue weighted by Crippen LogP contribution is -2.29. The smallest absolute Gasteiger partial charge is 0.251 e. The molecule has 1 aliphatic rings. The van der Waals surface area contributed by atoms with Crippen LogP contribution in [0.3, 0.4) is 0 Å². The van der Waals surface area contributed by atoms with Gasteiger partial charge in [-0.2, -0.15) is 0 Å². The minimum Gasteiger partial charge on any atom is -0.486 e. The first-order chi connectivity index (χ1) is 10.2. The van der Waals surface area contributed by atoms with Crippen LogP contribution in [-0.4, -0.2) is 25.7 Å². The monoisotopic (exact) mass is 291 g/mol. The van der Waals surface area contributed by atoms with Gasteiger partial charge >= 0.3 is 0 Å². The Morgan fingerprint density at radius 2 is 2.00 bits per heavy atom. The molecule has 21 heavy (non-hydrogen) atoms. The van der Waals surface area contributed by atoms with Crippen molar-refractivity contribution in [3.63, 3.8) is 0 Å². The molecule has 1 aromatic rings. The maximum atomic E-state index is 12.2. The van der Waals surface area contributed by atoms with Crippen molar-refractivity contribution < 1.29 is 14.3 Å². The maximum absolute atomic E-state index is 12.2. The fourth-order valence-corrected chi connectivity index (χ4v) is 2.47. The van der Waals surface area contributed by atoms with Gasteiger partial charge in [-0.1, -0.05) is 33.1 Å². The second-order valence-electron chi connectivity index (χ2n) is 5.48. The van der Waals surface area contributed by atoms with Crippen molar-refractivity contribution in [2.24, 2.45) is 5.92 Å². The SMILES string of the molecule is CCCCC(CC)CNC(=O)c1ccc2c(c1)OCCO2. The molecule has 4 heteroatoms. The molecule has 0 bridgehead atoms. The number of unbranched alkanes of at least 4 members (excludes halogenated alkanes) is 1. The molecule has 1 unspecified atom stereocenters. The number of nitrogens with one attached hydrogen (secondary N) is 1. The summed E-state index contributed by atoms with van der Waals surface area (Å²) in [6.45, 7) is 6.21. The van der Waals surface area contributed by atoms with E-state index >= 15 is 0 Å². The average Bonchev–Trinajstić information content (AvgIpc) is 2.54. The largest absolute Gasteiger partial charge is 0.486 e. The molecule has 0 saturated heterocycles. The van der Waals surface area contributed by atoms with E-state index < -0.39 is 0 Å². The summed E-state index contributed by atoms with van der Waals surface area (Å²) in [5.74, 6) is 1.90. The van der Waals surface area contributed by atoms with E-state index in [1.165, 1.54) is 19.3 Å². The third kappa shape index (κ3) is 4.38. The van der Waals surface area contributed by atoms with Crippen LogP contribution in [0.15, 0.2) is 18.2 Å². The summed E-state index contributed by atoms with van der Waals surface area (Å²) in [6.07, 6.45) is 4.70. The van der Waals surface area contributed by atoms with Crippen LogP contribution in [0.2, 0.25) is 0 Å². The molecule has 0 aliphatic carbocycles. The molecule has 1 N–H and O–H groups in total. The molecule has 1 aromatic carbocycles. The summed E-state index contributed by atoms with van der Waals surface area (Å²) < 4.78 is 11.0. The Morgan fingerprint density at radius 1 is 1.24 bits per heavy atom. The van der Waals surface area contributed by atoms with E-state index in [0.717, 1.165) is 13.0 Å². The van der Waals surface area contributed by atoms with Crippen molar-refractivity contribution in [3.05, 3.63) is 23.8 Å². The first-order valence-corrected chi connectivity index (χ1v) is 7.92. The fourth-order valence-electron chi connectivity index (χ4n) is 2.47. The maximum Gasteiger partial charge on any atom is 0.251 e. The van der Waals surface area contributed by atoms with Crippen molar-refractivity contribution in [2.45, 2.75) is 39.5 Å². The number of fused-ring (bicyclic) bond motifs is 1. The van der Waals surface area contributed by atoms with E-state index in [0.29, 0.717) is 36.2 Å². The van der Waals surface area contributed by atoms with Crippen LogP contribution in [-0.2, 0) is 0 Å². The average molecular weight is 291 g/mol. The predicted octanol–water partition coefficient (Wildman–Crippen LogP) is 3.40. The summed E-state index contributed by atoms with van der Waals surface area (Å²) in [7, 11) is 0. The highest BCUT2D eigenvalue weighted by Gasteiger charge is 2.15. The Hall–Kier alpha value is -1.71. The normalized spacial score (nSPS) is 14.6. The molecule has 0 saturated carbocycles. The summed E-state index contributed by atoms with van der Waals surface area (Å²) in [4.78, 5) is 12.2. The molecule has 1 aliphatic heterocycles. The third-order valence-corrected chi connectivity index (χ3v) is 3.90. The van der Waals surface area contributed by atoms with Gasteiger partial charge < -0.3 is 14.8 Å². The number of carbonyl (C=O) groups is 1. The molecule has 0 radical (unpaired) electrons. The van der Waals surface area contributed by atoms with Gasteiger partial charge in [0.25, 0.3) is 5.91 Å². The summed E-state index contributed by atoms with van der Waals surface area (Å²) >= 11 is 0. The predicted molar refractivity (Wildman–Crippen MR) is 83.1 cm³/mol. The number of carbonyl (C=O) groups excluding carboxylic acids is 1. The van der Waals surface area contributed by atoms with Gasteiger partial charge in [0.05, 0.1) is 0 Å². The van der Waals surface area contributed by atoms with Crippen LogP contribution in [0.5, 0.6) is 11.5 Å². The Balaban J connectivity index is 1.90. The first kappa shape index (κ1) is 15.7. The van der Waals surface area contributed by atoms with E-state index in [9.17, 15) is 4.79 Å². The number of ether oxygens (including phenoxy) is 2. The highest BCUT2D eigenvalue weighted by atomic mass is 16.6. The molecular weight excluding hydrogens is 266 g/mol. The van der Waals surface area contributed by atoms with Crippen molar-refractivity contribution in [3.8, 4) is 11.5 Å². The van der Waals surface area contributed by atoms with E-state index in [2.05, 4.69) is 19.2 Å². The Morgan fingerprint density at radius 3 is 2.71 bits per heavy atom. The molecule has 116 valence electrons. The van der Waals surface area contributed by atoms with Gasteiger partial charge in [0.1, 0.15) is 13.2 Å². The van der Waals surface area contributed by atoms with E-state index in [4.69, 9.17) is 9.47 Å². The zero-order valence-corrected chi connectivity index (χ0v) is 13.0. The van der Waals surface area contributed by atoms with Gasteiger partial charge in [-0.25, -0.2) is 0 Å². The summed E-state index contributed by atoms with van der Waals surface area (Å²) in [5, 5.41) is 3.03. The molecule has 0 fully saturated rings. The molecule has 4 nitrogen and oxygen atoms in total. The Bertz CT molecular complexity index is 473. The van der Waals surface area contributed by atoms with Crippen molar-refractivity contribution in [1.29, 1.82) is 0 Å². The standard InChI is InChI=1S/C17H25NO3/c1-3-5-6-13(4-2)12-18-17(19)14-7-8-15-16(11-14)21-10-9-20-15/h7-8,11,13H,3-6,9-10,12H2,1-2H3,(H,18,19). The highest BCUT2D eigenvalue weighted by molar-refractivity contribution is 5.94. The van der Waals surface area contributed by atoms with Gasteiger partial charge in [-0.3, -0.25) is 4.79 Å². The van der Waals surface area contributed by atoms with Crippen molar-refractivity contribution in [1.82, 2.24) is 5.32 Å². The lowest BCUT2D eigenvalue weighted by Gasteiger charge is -2.19. The topological polar surface area (TPSA) is 47.6 Å². The van der Waals surface area contributed by atoms with Crippen LogP contribution < -0.4 is 14.8 Å². The highest BCUT2D eigenvalue weighted by Crippen LogP contribution is 2.30. The van der Waals surface area contributed by atoms with Gasteiger partial charge in [0.2, 0.25) is 0 Å². The summed E-state index contributed by atoms with van der Waals surface area (Å²) in [6, 6.07) is 5.35. The fraction of sp³-hybridized carbons (Fsp3) is 0.588. The minimum absolute atomic E-state index is 0.0399. The molecule has 2 rings (SSSR count). The number of hydrogen-bond acceptors (Lipinski definition) is 3. The molecule has 0 spiro atoms. The number of benzene rings is 1. The lowest BCUT2D eigenvalue weighted by molar-refractivity contribution is 0.0944. The van der Waals surface area contributed by atoms with E-state index in [-0.39, 0.29) is 5.91 Å². The summed E-state index contributed by atoms with van der Waals surface area (Å²) in [5.41, 5.74) is 0.629. The van der Waals surface area contributed by atoms with Crippen molar-refractivity contribution in [2.75, 3.05) is 19.8 Å². The van der Waals surface area contributed by atoms with Crippen LogP contribution in [0.4, 0.5) is 0 Å². The second kappa shape index (κ2) is 7.91. The number of rotatable bonds is 7. The molecule has 1 heterocycles. The Labute approximate surface area is 126 Å². The van der Waals surface area contributed by atoms with Crippen molar-refractivity contribution >= 4 is 5.91 Å². The molecule has 0 aromatic heterocycles. The van der Waals surface area contributed by atoms with Gasteiger partial charge in [-0.15, -0.1) is 0 Å². The van der Waals surface area contributed by atoms with Crippen LogP contribution in [0.25, 0.3) is 0 Å². The van der Waals surface area contributed by atoms with Gasteiger partial charge in [-0.05, 0) is 30.5 Å². The molecule has 1 amide bonds. The zero-order chi connectivity index (χ0) is 15.1. The number of amides is 1. The van der Waals surface area contributed by atoms with Crippen LogP contribution in [0.1, 0.15) is 49.9 Å². The van der Waals surface area contributed by atoms with Gasteiger partial charge in [0, 0.05) is 12.1 Å². The molecular formula is C17H25NO3. The van der Waals surface area contributed by atoms with E-state index in [1.807, 2.05) is 0 Å². The van der Waals surface area contributed by atoms with E-state index in [1.54, 1.807) is 18.2 Å². The first-order valence-electron chi connectivity index (χ1n) is 7.92. The molecule has 1 atom stereocenters. The minimum atomic E-state index is -0.0399. The second-order valence-corrected chi connectivity index (χ2v) is 5.48. The zero-order valence-electron chi connectivity index (χ0n) is 13.0.